The van der Waals surface area contributed by atoms with Crippen LogP contribution in [0.15, 0.2) is 66.7 Å². The highest BCUT2D eigenvalue weighted by molar-refractivity contribution is 5.87. The van der Waals surface area contributed by atoms with Crippen LogP contribution in [0.4, 0.5) is 15.3 Å². The van der Waals surface area contributed by atoms with Crippen LogP contribution >= 0.6 is 0 Å². The molecule has 0 unspecified atom stereocenters. The lowest BCUT2D eigenvalue weighted by molar-refractivity contribution is -0.123. The van der Waals surface area contributed by atoms with Crippen molar-refractivity contribution in [3.05, 3.63) is 77.9 Å². The van der Waals surface area contributed by atoms with Crippen LogP contribution in [0.2, 0.25) is 0 Å². The number of nitrogens with one attached hydrogen (secondary N) is 2. The van der Waals surface area contributed by atoms with Crippen LogP contribution in [-0.2, 0) is 20.9 Å². The Labute approximate surface area is 236 Å². The second kappa shape index (κ2) is 13.4. The standard InChI is InChI=1S/C31H40N4O5/c1-31(2,3)40-30(38)34-18-19-35-25-15-11-14-24(20-25)26(33-29(37)39-22-23-12-7-6-8-13-23)16-9-4-5-10-17-32-28(36)27(35)21-34/h4-8,11-15,20,26-27H,9-10,16-19,21-22H2,1-3H3,(H,32,36)(H,33,37)/b5-4+/t26-,27-/m0/s1. The van der Waals surface area contributed by atoms with Crippen molar-refractivity contribution in [1.82, 2.24) is 15.5 Å². The second-order valence-electron chi connectivity index (χ2n) is 11.1. The monoisotopic (exact) mass is 548 g/mol. The number of amides is 3. The topological polar surface area (TPSA) is 100 Å². The molecular weight excluding hydrogens is 508 g/mol. The fourth-order valence-electron chi connectivity index (χ4n) is 4.85. The minimum absolute atomic E-state index is 0.136. The molecule has 4 rings (SSSR count). The predicted octanol–water partition coefficient (Wildman–Crippen LogP) is 4.94. The van der Waals surface area contributed by atoms with Gasteiger partial charge in [-0.3, -0.25) is 4.79 Å². The first kappa shape index (κ1) is 29.0. The number of hydrogen-bond acceptors (Lipinski definition) is 6. The zero-order chi connectivity index (χ0) is 28.5. The van der Waals surface area contributed by atoms with E-state index in [4.69, 9.17) is 9.47 Å². The molecule has 0 radical (unpaired) electrons. The van der Waals surface area contributed by atoms with Gasteiger partial charge in [-0.15, -0.1) is 0 Å². The molecular formula is C31H40N4O5. The van der Waals surface area contributed by atoms with Crippen LogP contribution in [0.25, 0.3) is 0 Å². The summed E-state index contributed by atoms with van der Waals surface area (Å²) in [4.78, 5) is 42.5. The maximum absolute atomic E-state index is 13.3. The maximum Gasteiger partial charge on any atom is 0.410 e. The summed E-state index contributed by atoms with van der Waals surface area (Å²) in [7, 11) is 0. The van der Waals surface area contributed by atoms with Crippen molar-refractivity contribution in [3.63, 3.8) is 0 Å². The van der Waals surface area contributed by atoms with Crippen molar-refractivity contribution >= 4 is 23.8 Å². The summed E-state index contributed by atoms with van der Waals surface area (Å²) in [5, 5.41) is 6.07. The summed E-state index contributed by atoms with van der Waals surface area (Å²) in [6.07, 6.45) is 5.36. The Bertz CT molecular complexity index is 1190. The molecule has 0 aliphatic carbocycles. The quantitative estimate of drug-likeness (QED) is 0.528. The van der Waals surface area contributed by atoms with E-state index < -0.39 is 23.8 Å². The van der Waals surface area contributed by atoms with Crippen LogP contribution < -0.4 is 15.5 Å². The molecule has 2 atom stereocenters. The van der Waals surface area contributed by atoms with Crippen molar-refractivity contribution in [2.24, 2.45) is 0 Å². The average molecular weight is 549 g/mol. The minimum atomic E-state index is -0.620. The number of piperazine rings is 1. The molecule has 0 saturated carbocycles. The minimum Gasteiger partial charge on any atom is -0.445 e. The number of carbonyl (C=O) groups is 3. The smallest absolute Gasteiger partial charge is 0.410 e. The normalized spacial score (nSPS) is 20.8. The molecule has 2 aromatic rings. The lowest BCUT2D eigenvalue weighted by atomic mass is 9.99. The molecule has 2 aromatic carbocycles. The highest BCUT2D eigenvalue weighted by Gasteiger charge is 2.36. The number of nitrogens with zero attached hydrogens (tertiary/aromatic N) is 2. The molecule has 9 heteroatoms. The van der Waals surface area contributed by atoms with Crippen LogP contribution in [0.3, 0.4) is 0 Å². The molecule has 2 bridgehead atoms. The van der Waals surface area contributed by atoms with E-state index in [1.807, 2.05) is 86.3 Å². The lowest BCUT2D eigenvalue weighted by Crippen LogP contribution is -2.60. The van der Waals surface area contributed by atoms with E-state index >= 15 is 0 Å². The predicted molar refractivity (Wildman–Crippen MR) is 154 cm³/mol. The largest absolute Gasteiger partial charge is 0.445 e. The van der Waals surface area contributed by atoms with E-state index in [1.54, 1.807) is 4.90 Å². The Morgan fingerprint density at radius 2 is 1.80 bits per heavy atom. The zero-order valence-electron chi connectivity index (χ0n) is 23.6. The van der Waals surface area contributed by atoms with Gasteiger partial charge >= 0.3 is 12.2 Å². The van der Waals surface area contributed by atoms with Crippen molar-refractivity contribution in [1.29, 1.82) is 0 Å². The molecule has 3 amide bonds. The van der Waals surface area contributed by atoms with Gasteiger partial charge in [-0.1, -0.05) is 54.6 Å². The number of carbonyl (C=O) groups excluding carboxylic acids is 3. The Balaban J connectivity index is 1.54. The molecule has 1 fully saturated rings. The fourth-order valence-corrected chi connectivity index (χ4v) is 4.85. The molecule has 40 heavy (non-hydrogen) atoms. The van der Waals surface area contributed by atoms with E-state index in [0.717, 1.165) is 23.2 Å². The van der Waals surface area contributed by atoms with Crippen LogP contribution in [0, 0.1) is 0 Å². The van der Waals surface area contributed by atoms with Crippen LogP contribution in [0.1, 0.15) is 57.2 Å². The number of fused-ring (bicyclic) bond motifs is 4. The summed E-state index contributed by atoms with van der Waals surface area (Å²) in [5.74, 6) is -0.136. The second-order valence-corrected chi connectivity index (χ2v) is 11.1. The van der Waals surface area contributed by atoms with Gasteiger partial charge in [-0.2, -0.15) is 0 Å². The summed E-state index contributed by atoms with van der Waals surface area (Å²) in [6.45, 7) is 7.30. The number of alkyl carbamates (subject to hydrolysis) is 1. The Morgan fingerprint density at radius 3 is 2.58 bits per heavy atom. The molecule has 2 aliphatic rings. The SMILES string of the molecule is CC(C)(C)OC(=O)N1CCN2c3cccc(c3)[C@@H](NC(=O)OCc3ccccc3)CC/C=C/CCNC(=O)[C@@H]2C1. The number of hydrogen-bond donors (Lipinski definition) is 2. The Hall–Kier alpha value is -4.01. The molecule has 1 saturated heterocycles. The first-order valence-corrected chi connectivity index (χ1v) is 13.9. The number of allylic oxidation sites excluding steroid dienone is 1. The van der Waals surface area contributed by atoms with Crippen molar-refractivity contribution in [2.45, 2.75) is 64.3 Å². The van der Waals surface area contributed by atoms with Gasteiger partial charge in [0.1, 0.15) is 18.2 Å². The Kier molecular flexibility index (Phi) is 9.69. The maximum atomic E-state index is 13.3. The van der Waals surface area contributed by atoms with Gasteiger partial charge in [0.05, 0.1) is 12.6 Å². The third-order valence-corrected chi connectivity index (χ3v) is 6.84. The Morgan fingerprint density at radius 1 is 1.02 bits per heavy atom. The van der Waals surface area contributed by atoms with Crippen molar-refractivity contribution in [3.8, 4) is 0 Å². The number of benzene rings is 2. The first-order valence-electron chi connectivity index (χ1n) is 13.9. The van der Waals surface area contributed by atoms with Gasteiger partial charge < -0.3 is 29.9 Å². The summed E-state index contributed by atoms with van der Waals surface area (Å²) in [6, 6.07) is 16.6. The van der Waals surface area contributed by atoms with E-state index in [0.29, 0.717) is 32.5 Å². The molecule has 2 N–H and O–H groups in total. The molecule has 2 aliphatic heterocycles. The number of anilines is 1. The van der Waals surface area contributed by atoms with E-state index in [2.05, 4.69) is 16.7 Å². The third kappa shape index (κ3) is 8.24. The highest BCUT2D eigenvalue weighted by atomic mass is 16.6. The first-order chi connectivity index (χ1) is 19.2. The van der Waals surface area contributed by atoms with Gasteiger partial charge in [0, 0.05) is 25.3 Å². The average Bonchev–Trinajstić information content (AvgIpc) is 2.93. The van der Waals surface area contributed by atoms with Gasteiger partial charge in [0.25, 0.3) is 0 Å². The van der Waals surface area contributed by atoms with Gasteiger partial charge in [0.2, 0.25) is 5.91 Å². The molecule has 2 heterocycles. The zero-order valence-corrected chi connectivity index (χ0v) is 23.6. The number of ether oxygens (including phenoxy) is 2. The van der Waals surface area contributed by atoms with E-state index in [-0.39, 0.29) is 25.1 Å². The van der Waals surface area contributed by atoms with Crippen LogP contribution in [-0.4, -0.2) is 60.8 Å². The highest BCUT2D eigenvalue weighted by Crippen LogP contribution is 2.28. The number of rotatable bonds is 3. The fraction of sp³-hybridized carbons (Fsp3) is 0.452. The summed E-state index contributed by atoms with van der Waals surface area (Å²) in [5.41, 5.74) is 2.08. The van der Waals surface area contributed by atoms with Gasteiger partial charge in [-0.05, 0) is 63.3 Å². The van der Waals surface area contributed by atoms with Gasteiger partial charge in [-0.25, -0.2) is 9.59 Å². The molecule has 214 valence electrons. The van der Waals surface area contributed by atoms with E-state index in [1.165, 1.54) is 0 Å². The molecule has 0 spiro atoms. The molecule has 0 aromatic heterocycles. The van der Waals surface area contributed by atoms with E-state index in [9.17, 15) is 14.4 Å². The molecule has 9 nitrogen and oxygen atoms in total. The third-order valence-electron chi connectivity index (χ3n) is 6.84. The summed E-state index contributed by atoms with van der Waals surface area (Å²) < 4.78 is 11.1. The summed E-state index contributed by atoms with van der Waals surface area (Å²) >= 11 is 0. The van der Waals surface area contributed by atoms with Crippen LogP contribution in [0.5, 0.6) is 0 Å². The van der Waals surface area contributed by atoms with Crippen molar-refractivity contribution in [2.75, 3.05) is 31.1 Å². The lowest BCUT2D eigenvalue weighted by Gasteiger charge is -2.42. The van der Waals surface area contributed by atoms with Gasteiger partial charge in [0.15, 0.2) is 0 Å². The van der Waals surface area contributed by atoms with Crippen molar-refractivity contribution < 1.29 is 23.9 Å².